The molecule has 0 aliphatic rings. The van der Waals surface area contributed by atoms with E-state index in [0.29, 0.717) is 38.6 Å². The zero-order valence-electron chi connectivity index (χ0n) is 28.3. The van der Waals surface area contributed by atoms with E-state index in [2.05, 4.69) is 19.2 Å². The lowest BCUT2D eigenvalue weighted by Gasteiger charge is -2.18. The van der Waals surface area contributed by atoms with Crippen LogP contribution in [0.15, 0.2) is 0 Å². The second-order valence-electron chi connectivity index (χ2n) is 12.6. The SMILES string of the molecule is CCCCCCCCCCCCCCCCCCCC(=O)OC(CCCC)CCCCCC(=O)NC(CCCN)C(=O)O. The fourth-order valence-corrected chi connectivity index (χ4v) is 5.61. The van der Waals surface area contributed by atoms with E-state index in [1.165, 1.54) is 96.3 Å². The maximum Gasteiger partial charge on any atom is 0.326 e. The van der Waals surface area contributed by atoms with Crippen LogP contribution >= 0.6 is 0 Å². The third-order valence-corrected chi connectivity index (χ3v) is 8.42. The Hall–Kier alpha value is -1.63. The van der Waals surface area contributed by atoms with Gasteiger partial charge in [-0.3, -0.25) is 9.59 Å². The summed E-state index contributed by atoms with van der Waals surface area (Å²) in [5, 5.41) is 11.8. The first-order valence-electron chi connectivity index (χ1n) is 18.4. The van der Waals surface area contributed by atoms with E-state index in [4.69, 9.17) is 10.5 Å². The van der Waals surface area contributed by atoms with Gasteiger partial charge in [0.05, 0.1) is 0 Å². The quantitative estimate of drug-likeness (QED) is 0.0503. The van der Waals surface area contributed by atoms with Gasteiger partial charge in [-0.2, -0.15) is 0 Å². The number of hydrogen-bond donors (Lipinski definition) is 3. The predicted molar refractivity (Wildman–Crippen MR) is 179 cm³/mol. The molecule has 4 N–H and O–H groups in total. The van der Waals surface area contributed by atoms with Gasteiger partial charge in [0.2, 0.25) is 5.91 Å². The predicted octanol–water partition coefficient (Wildman–Crippen LogP) is 9.39. The van der Waals surface area contributed by atoms with Crippen molar-refractivity contribution in [1.82, 2.24) is 5.32 Å². The molecule has 0 heterocycles. The Bertz CT molecular complexity index is 658. The van der Waals surface area contributed by atoms with Crippen LogP contribution in [0.2, 0.25) is 0 Å². The molecular formula is C36H70N2O5. The molecule has 0 aromatic heterocycles. The van der Waals surface area contributed by atoms with Crippen LogP contribution in [0.4, 0.5) is 0 Å². The van der Waals surface area contributed by atoms with Gasteiger partial charge in [0.15, 0.2) is 0 Å². The van der Waals surface area contributed by atoms with Crippen LogP contribution in [-0.4, -0.2) is 41.6 Å². The summed E-state index contributed by atoms with van der Waals surface area (Å²) >= 11 is 0. The Balaban J connectivity index is 3.82. The molecule has 1 amide bonds. The second kappa shape index (κ2) is 31.8. The van der Waals surface area contributed by atoms with Crippen molar-refractivity contribution in [3.8, 4) is 0 Å². The van der Waals surface area contributed by atoms with Gasteiger partial charge in [-0.15, -0.1) is 0 Å². The number of carbonyl (C=O) groups is 3. The van der Waals surface area contributed by atoms with E-state index in [0.717, 1.165) is 51.4 Å². The molecule has 0 aromatic carbocycles. The number of carboxylic acid groups (broad SMARTS) is 1. The van der Waals surface area contributed by atoms with Crippen LogP contribution in [-0.2, 0) is 19.1 Å². The highest BCUT2D eigenvalue weighted by molar-refractivity contribution is 5.83. The minimum Gasteiger partial charge on any atom is -0.480 e. The van der Waals surface area contributed by atoms with Gasteiger partial charge in [-0.25, -0.2) is 4.79 Å². The first-order valence-corrected chi connectivity index (χ1v) is 18.4. The van der Waals surface area contributed by atoms with Crippen molar-refractivity contribution in [2.24, 2.45) is 5.73 Å². The fraction of sp³-hybridized carbons (Fsp3) is 0.917. The number of amides is 1. The molecule has 7 heteroatoms. The smallest absolute Gasteiger partial charge is 0.326 e. The van der Waals surface area contributed by atoms with Crippen LogP contribution in [0.5, 0.6) is 0 Å². The fourth-order valence-electron chi connectivity index (χ4n) is 5.61. The Morgan fingerprint density at radius 2 is 1.02 bits per heavy atom. The summed E-state index contributed by atoms with van der Waals surface area (Å²) in [5.74, 6) is -1.32. The van der Waals surface area contributed by atoms with Gasteiger partial charge in [0.25, 0.3) is 0 Å². The van der Waals surface area contributed by atoms with Gasteiger partial charge in [0.1, 0.15) is 12.1 Å². The summed E-state index contributed by atoms with van der Waals surface area (Å²) in [6.07, 6.45) is 30.5. The van der Waals surface area contributed by atoms with E-state index in [9.17, 15) is 19.5 Å². The molecule has 43 heavy (non-hydrogen) atoms. The first kappa shape index (κ1) is 41.4. The zero-order valence-corrected chi connectivity index (χ0v) is 28.3. The summed E-state index contributed by atoms with van der Waals surface area (Å²) in [7, 11) is 0. The molecule has 0 aliphatic carbocycles. The average Bonchev–Trinajstić information content (AvgIpc) is 2.99. The highest BCUT2D eigenvalue weighted by atomic mass is 16.5. The van der Waals surface area contributed by atoms with Crippen molar-refractivity contribution < 1.29 is 24.2 Å². The van der Waals surface area contributed by atoms with E-state index in [1.54, 1.807) is 0 Å². The van der Waals surface area contributed by atoms with Gasteiger partial charge in [-0.1, -0.05) is 136 Å². The highest BCUT2D eigenvalue weighted by Gasteiger charge is 2.19. The lowest BCUT2D eigenvalue weighted by molar-refractivity contribution is -0.150. The number of carboxylic acids is 1. The van der Waals surface area contributed by atoms with Gasteiger partial charge >= 0.3 is 11.9 Å². The van der Waals surface area contributed by atoms with Crippen molar-refractivity contribution in [2.45, 2.75) is 206 Å². The first-order chi connectivity index (χ1) is 20.9. The van der Waals surface area contributed by atoms with E-state index < -0.39 is 12.0 Å². The third kappa shape index (κ3) is 28.9. The number of rotatable bonds is 33. The van der Waals surface area contributed by atoms with Gasteiger partial charge < -0.3 is 20.9 Å². The number of carbonyl (C=O) groups excluding carboxylic acids is 2. The van der Waals surface area contributed by atoms with Crippen molar-refractivity contribution in [3.05, 3.63) is 0 Å². The standard InChI is InChI=1S/C36H70N2O5/c1-3-5-7-8-9-10-11-12-13-14-15-16-17-18-19-20-24-30-35(40)43-32(26-6-4-2)27-22-21-23-29-34(39)38-33(36(41)42)28-25-31-37/h32-33H,3-31,37H2,1-2H3,(H,38,39)(H,41,42). The molecule has 0 spiro atoms. The van der Waals surface area contributed by atoms with E-state index in [-0.39, 0.29) is 18.0 Å². The molecule has 0 rings (SSSR count). The topological polar surface area (TPSA) is 119 Å². The summed E-state index contributed by atoms with van der Waals surface area (Å²) in [5.41, 5.74) is 5.45. The van der Waals surface area contributed by atoms with Crippen LogP contribution in [0, 0.1) is 0 Å². The molecule has 0 radical (unpaired) electrons. The highest BCUT2D eigenvalue weighted by Crippen LogP contribution is 2.17. The van der Waals surface area contributed by atoms with Gasteiger partial charge in [0, 0.05) is 12.8 Å². The number of nitrogens with two attached hydrogens (primary N) is 1. The zero-order chi connectivity index (χ0) is 31.8. The second-order valence-corrected chi connectivity index (χ2v) is 12.6. The number of nitrogens with one attached hydrogen (secondary N) is 1. The van der Waals surface area contributed by atoms with Crippen molar-refractivity contribution in [3.63, 3.8) is 0 Å². The maximum atomic E-state index is 12.5. The summed E-state index contributed by atoms with van der Waals surface area (Å²) in [6, 6.07) is -0.868. The summed E-state index contributed by atoms with van der Waals surface area (Å²) < 4.78 is 5.83. The Morgan fingerprint density at radius 3 is 1.51 bits per heavy atom. The molecule has 0 fully saturated rings. The molecule has 0 saturated carbocycles. The lowest BCUT2D eigenvalue weighted by atomic mass is 10.0. The monoisotopic (exact) mass is 611 g/mol. The van der Waals surface area contributed by atoms with E-state index in [1.807, 2.05) is 0 Å². The molecule has 0 aromatic rings. The van der Waals surface area contributed by atoms with Crippen molar-refractivity contribution in [1.29, 1.82) is 0 Å². The van der Waals surface area contributed by atoms with Crippen molar-refractivity contribution in [2.75, 3.05) is 6.54 Å². The molecule has 254 valence electrons. The Morgan fingerprint density at radius 1 is 0.581 bits per heavy atom. The maximum absolute atomic E-state index is 12.5. The minimum absolute atomic E-state index is 0.0419. The molecular weight excluding hydrogens is 540 g/mol. The van der Waals surface area contributed by atoms with Gasteiger partial charge in [-0.05, 0) is 51.5 Å². The average molecular weight is 611 g/mol. The van der Waals surface area contributed by atoms with Crippen LogP contribution in [0.25, 0.3) is 0 Å². The molecule has 0 bridgehead atoms. The number of hydrogen-bond acceptors (Lipinski definition) is 5. The van der Waals surface area contributed by atoms with Crippen molar-refractivity contribution >= 4 is 17.8 Å². The number of esters is 1. The molecule has 0 saturated heterocycles. The Labute approximate surface area is 265 Å². The molecule has 2 atom stereocenters. The largest absolute Gasteiger partial charge is 0.480 e. The lowest BCUT2D eigenvalue weighted by Crippen LogP contribution is -2.40. The van der Waals surface area contributed by atoms with Crippen LogP contribution < -0.4 is 11.1 Å². The minimum atomic E-state index is -1.02. The van der Waals surface area contributed by atoms with Crippen LogP contribution in [0.3, 0.4) is 0 Å². The molecule has 0 aliphatic heterocycles. The molecule has 7 nitrogen and oxygen atoms in total. The number of unbranched alkanes of at least 4 members (excludes halogenated alkanes) is 19. The Kier molecular flexibility index (Phi) is 30.6. The molecule has 2 unspecified atom stereocenters. The normalized spacial score (nSPS) is 12.6. The summed E-state index contributed by atoms with van der Waals surface area (Å²) in [6.45, 7) is 4.83. The van der Waals surface area contributed by atoms with E-state index >= 15 is 0 Å². The summed E-state index contributed by atoms with van der Waals surface area (Å²) in [4.78, 5) is 35.9. The number of aliphatic carboxylic acids is 1. The van der Waals surface area contributed by atoms with Crippen LogP contribution in [0.1, 0.15) is 194 Å². The number of ether oxygens (including phenoxy) is 1. The third-order valence-electron chi connectivity index (χ3n) is 8.42.